The van der Waals surface area contributed by atoms with Crippen LogP contribution in [-0.4, -0.2) is 66.7 Å². The zero-order valence-corrected chi connectivity index (χ0v) is 18.9. The summed E-state index contributed by atoms with van der Waals surface area (Å²) < 4.78 is 5.25. The van der Waals surface area contributed by atoms with Gasteiger partial charge in [-0.2, -0.15) is 0 Å². The molecule has 0 spiro atoms. The second-order valence-electron chi connectivity index (χ2n) is 7.56. The molecule has 1 amide bonds. The number of methoxy groups -OCH3 is 1. The number of nitrogens with zero attached hydrogens (tertiary/aromatic N) is 3. The zero-order valence-electron chi connectivity index (χ0n) is 18.1. The Morgan fingerprint density at radius 1 is 1.16 bits per heavy atom. The normalized spacial score (nSPS) is 14.8. The predicted octanol–water partition coefficient (Wildman–Crippen LogP) is 4.11. The lowest BCUT2D eigenvalue weighted by molar-refractivity contribution is -0.385. The molecule has 0 aromatic heterocycles. The summed E-state index contributed by atoms with van der Waals surface area (Å²) in [5.41, 5.74) is 1.27. The summed E-state index contributed by atoms with van der Waals surface area (Å²) >= 11 is 1.40. The van der Waals surface area contributed by atoms with Gasteiger partial charge in [0, 0.05) is 19.6 Å². The van der Waals surface area contributed by atoms with Gasteiger partial charge in [-0.05, 0) is 50.2 Å². The lowest BCUT2D eigenvalue weighted by Crippen LogP contribution is -2.35. The van der Waals surface area contributed by atoms with E-state index in [1.54, 1.807) is 11.0 Å². The van der Waals surface area contributed by atoms with Crippen molar-refractivity contribution in [3.63, 3.8) is 0 Å². The van der Waals surface area contributed by atoms with Crippen molar-refractivity contribution in [2.45, 2.75) is 24.2 Å². The summed E-state index contributed by atoms with van der Waals surface area (Å²) in [7, 11) is 1.47. The van der Waals surface area contributed by atoms with Gasteiger partial charge < -0.3 is 14.5 Å². The minimum Gasteiger partial charge on any atom is -0.495 e. The first kappa shape index (κ1) is 23.1. The van der Waals surface area contributed by atoms with Crippen LogP contribution in [0.1, 0.15) is 28.8 Å². The van der Waals surface area contributed by atoms with Gasteiger partial charge in [0.05, 0.1) is 23.0 Å². The summed E-state index contributed by atoms with van der Waals surface area (Å²) in [6, 6.07) is 13.4. The highest BCUT2D eigenvalue weighted by Gasteiger charge is 2.28. The van der Waals surface area contributed by atoms with Crippen LogP contribution >= 0.6 is 11.8 Å². The monoisotopic (exact) mass is 443 g/mol. The minimum atomic E-state index is -0.506. The molecule has 1 saturated heterocycles. The molecule has 2 aromatic carbocycles. The van der Waals surface area contributed by atoms with E-state index in [0.29, 0.717) is 23.7 Å². The fraction of sp³-hybridized carbons (Fsp3) is 0.435. The van der Waals surface area contributed by atoms with E-state index in [4.69, 9.17) is 4.74 Å². The predicted molar refractivity (Wildman–Crippen MR) is 123 cm³/mol. The molecule has 1 heterocycles. The largest absolute Gasteiger partial charge is 0.495 e. The number of hydrogen-bond acceptors (Lipinski definition) is 6. The van der Waals surface area contributed by atoms with Crippen LogP contribution in [0.4, 0.5) is 5.69 Å². The van der Waals surface area contributed by atoms with E-state index in [1.807, 2.05) is 12.3 Å². The Bertz CT molecular complexity index is 907. The molecule has 0 aliphatic carbocycles. The van der Waals surface area contributed by atoms with Crippen LogP contribution in [0.15, 0.2) is 47.4 Å². The molecule has 3 rings (SSSR count). The third-order valence-corrected chi connectivity index (χ3v) is 6.35. The standard InChI is InChI=1S/C23H29N3O4S/c1-30-21-17-20(26(28)29)19(16-22(21)31-2)23(27)25-13-7-12-24(14-15-25)11-6-10-18-8-4-3-5-9-18/h3-5,8-9,16-17H,6-7,10-15H2,1-2H3. The lowest BCUT2D eigenvalue weighted by atomic mass is 10.1. The second-order valence-corrected chi connectivity index (χ2v) is 8.41. The van der Waals surface area contributed by atoms with Crippen molar-refractivity contribution in [1.82, 2.24) is 9.80 Å². The van der Waals surface area contributed by atoms with Crippen molar-refractivity contribution < 1.29 is 14.5 Å². The first-order valence-corrected chi connectivity index (χ1v) is 11.7. The number of carbonyl (C=O) groups is 1. The number of aryl methyl sites for hydroxylation is 1. The molecule has 0 unspecified atom stereocenters. The number of thioether (sulfide) groups is 1. The third-order valence-electron chi connectivity index (χ3n) is 5.59. The van der Waals surface area contributed by atoms with Crippen molar-refractivity contribution in [3.05, 3.63) is 63.7 Å². The van der Waals surface area contributed by atoms with E-state index < -0.39 is 4.92 Å². The van der Waals surface area contributed by atoms with Gasteiger partial charge in [0.2, 0.25) is 0 Å². The summed E-state index contributed by atoms with van der Waals surface area (Å²) in [5.74, 6) is 0.131. The molecule has 0 atom stereocenters. The molecule has 31 heavy (non-hydrogen) atoms. The van der Waals surface area contributed by atoms with E-state index >= 15 is 0 Å². The van der Waals surface area contributed by atoms with E-state index in [1.165, 1.54) is 30.5 Å². The molecular formula is C23H29N3O4S. The Labute approximate surface area is 187 Å². The molecule has 7 nitrogen and oxygen atoms in total. The van der Waals surface area contributed by atoms with Crippen LogP contribution in [0.5, 0.6) is 5.75 Å². The van der Waals surface area contributed by atoms with E-state index in [2.05, 4.69) is 29.2 Å². The van der Waals surface area contributed by atoms with Gasteiger partial charge in [-0.3, -0.25) is 14.9 Å². The molecule has 166 valence electrons. The van der Waals surface area contributed by atoms with Gasteiger partial charge in [0.1, 0.15) is 11.3 Å². The van der Waals surface area contributed by atoms with E-state index in [9.17, 15) is 14.9 Å². The van der Waals surface area contributed by atoms with Crippen molar-refractivity contribution in [3.8, 4) is 5.75 Å². The first-order chi connectivity index (χ1) is 15.0. The molecule has 1 aliphatic heterocycles. The Morgan fingerprint density at radius 3 is 2.61 bits per heavy atom. The highest BCUT2D eigenvalue weighted by Crippen LogP contribution is 2.35. The van der Waals surface area contributed by atoms with Crippen molar-refractivity contribution in [2.24, 2.45) is 0 Å². The summed E-state index contributed by atoms with van der Waals surface area (Å²) in [6.45, 7) is 3.86. The fourth-order valence-corrected chi connectivity index (χ4v) is 4.49. The van der Waals surface area contributed by atoms with Gasteiger partial charge in [-0.25, -0.2) is 0 Å². The molecule has 8 heteroatoms. The maximum Gasteiger partial charge on any atom is 0.285 e. The molecule has 0 bridgehead atoms. The number of carbonyl (C=O) groups excluding carboxylic acids is 1. The van der Waals surface area contributed by atoms with Crippen LogP contribution in [0.3, 0.4) is 0 Å². The fourth-order valence-electron chi connectivity index (χ4n) is 3.91. The quantitative estimate of drug-likeness (QED) is 0.347. The number of benzene rings is 2. The maximum absolute atomic E-state index is 13.2. The van der Waals surface area contributed by atoms with E-state index in [0.717, 1.165) is 38.9 Å². The molecule has 1 fully saturated rings. The van der Waals surface area contributed by atoms with Crippen LogP contribution in [0.25, 0.3) is 0 Å². The number of nitro benzene ring substituents is 1. The number of rotatable bonds is 8. The van der Waals surface area contributed by atoms with Gasteiger partial charge >= 0.3 is 0 Å². The third kappa shape index (κ3) is 5.98. The minimum absolute atomic E-state index is 0.132. The Balaban J connectivity index is 1.64. The summed E-state index contributed by atoms with van der Waals surface area (Å²) in [5, 5.41) is 11.6. The van der Waals surface area contributed by atoms with Crippen molar-refractivity contribution >= 4 is 23.4 Å². The number of amides is 1. The van der Waals surface area contributed by atoms with Crippen LogP contribution < -0.4 is 4.74 Å². The average Bonchev–Trinajstić information content (AvgIpc) is 3.04. The molecule has 0 radical (unpaired) electrons. The van der Waals surface area contributed by atoms with Crippen molar-refractivity contribution in [1.29, 1.82) is 0 Å². The molecule has 0 saturated carbocycles. The average molecular weight is 444 g/mol. The maximum atomic E-state index is 13.2. The SMILES string of the molecule is COc1cc([N+](=O)[O-])c(C(=O)N2CCCN(CCCc3ccccc3)CC2)cc1SC. The Kier molecular flexibility index (Phi) is 8.31. The molecular weight excluding hydrogens is 414 g/mol. The summed E-state index contributed by atoms with van der Waals surface area (Å²) in [4.78, 5) is 29.1. The van der Waals surface area contributed by atoms with Crippen LogP contribution in [-0.2, 0) is 6.42 Å². The highest BCUT2D eigenvalue weighted by molar-refractivity contribution is 7.98. The zero-order chi connectivity index (χ0) is 22.2. The molecule has 2 aromatic rings. The van der Waals surface area contributed by atoms with Crippen molar-refractivity contribution in [2.75, 3.05) is 46.1 Å². The Hall–Kier alpha value is -2.58. The smallest absolute Gasteiger partial charge is 0.285 e. The molecule has 0 N–H and O–H groups in total. The topological polar surface area (TPSA) is 75.9 Å². The van der Waals surface area contributed by atoms with Gasteiger partial charge in [-0.1, -0.05) is 30.3 Å². The van der Waals surface area contributed by atoms with E-state index in [-0.39, 0.29) is 17.2 Å². The first-order valence-electron chi connectivity index (χ1n) is 10.5. The van der Waals surface area contributed by atoms with Gasteiger partial charge in [0.15, 0.2) is 0 Å². The van der Waals surface area contributed by atoms with Gasteiger partial charge in [0.25, 0.3) is 11.6 Å². The highest BCUT2D eigenvalue weighted by atomic mass is 32.2. The lowest BCUT2D eigenvalue weighted by Gasteiger charge is -2.22. The van der Waals surface area contributed by atoms with Crippen LogP contribution in [0.2, 0.25) is 0 Å². The van der Waals surface area contributed by atoms with Gasteiger partial charge in [-0.15, -0.1) is 11.8 Å². The summed E-state index contributed by atoms with van der Waals surface area (Å²) in [6.07, 6.45) is 4.82. The number of ether oxygens (including phenoxy) is 1. The molecule has 1 aliphatic rings. The number of nitro groups is 1. The van der Waals surface area contributed by atoms with Crippen LogP contribution in [0, 0.1) is 10.1 Å². The Morgan fingerprint density at radius 2 is 1.94 bits per heavy atom. The second kappa shape index (κ2) is 11.2. The number of hydrogen-bond donors (Lipinski definition) is 0.